The Bertz CT molecular complexity index is 4240. The molecule has 5 heterocycles. The number of aromatic nitrogens is 4. The summed E-state index contributed by atoms with van der Waals surface area (Å²) < 4.78 is 51.5. The molecule has 20 nitrogen and oxygen atoms in total. The van der Waals surface area contributed by atoms with Gasteiger partial charge in [0.25, 0.3) is 0 Å². The summed E-state index contributed by atoms with van der Waals surface area (Å²) in [6, 6.07) is 33.0. The molecule has 0 unspecified atom stereocenters. The Labute approximate surface area is 606 Å². The van der Waals surface area contributed by atoms with Crippen molar-refractivity contribution in [3.8, 4) is 46.0 Å². The number of aromatic amines is 4. The molecule has 8 bridgehead atoms. The Morgan fingerprint density at radius 3 is 0.462 bits per heavy atom. The van der Waals surface area contributed by atoms with Crippen LogP contribution in [0.1, 0.15) is 211 Å². The summed E-state index contributed by atoms with van der Waals surface area (Å²) in [6.45, 7) is 40.9. The van der Waals surface area contributed by atoms with Gasteiger partial charge in [0.1, 0.15) is 46.0 Å². The third kappa shape index (κ3) is 17.0. The van der Waals surface area contributed by atoms with E-state index < -0.39 is 91.1 Å². The van der Waals surface area contributed by atoms with Crippen LogP contribution in [0.25, 0.3) is 22.3 Å². The maximum Gasteiger partial charge on any atom is 0.316 e. The number of rotatable bonds is 12. The van der Waals surface area contributed by atoms with Crippen LogP contribution in [-0.2, 0) is 38.4 Å². The number of nitrogens with one attached hydrogen (secondary N) is 4. The zero-order chi connectivity index (χ0) is 77.1. The van der Waals surface area contributed by atoms with Gasteiger partial charge in [-0.25, -0.2) is 0 Å². The topological polar surface area (TPSA) is 274 Å². The van der Waals surface area contributed by atoms with E-state index in [9.17, 15) is 38.4 Å². The fourth-order valence-electron chi connectivity index (χ4n) is 10.1. The number of esters is 8. The molecule has 9 rings (SSSR count). The van der Waals surface area contributed by atoms with E-state index in [1.165, 1.54) is 0 Å². The van der Waals surface area contributed by atoms with Crippen molar-refractivity contribution in [3.63, 3.8) is 0 Å². The minimum Gasteiger partial charge on any atom is -0.425 e. The van der Waals surface area contributed by atoms with E-state index in [-0.39, 0.29) is 135 Å². The summed E-state index contributed by atoms with van der Waals surface area (Å²) in [5, 5.41) is 1.13. The van der Waals surface area contributed by atoms with Gasteiger partial charge in [-0.3, -0.25) is 38.4 Å². The van der Waals surface area contributed by atoms with Crippen LogP contribution >= 0.6 is 0 Å². The van der Waals surface area contributed by atoms with E-state index in [4.69, 9.17) is 37.9 Å². The standard InChI is InChI=1S/C84H96N4O16/c1-77(2,3)69(89)97-53-29-25-30-54(98-70(90)78(4,5)6)65(53)61-45-37-39-47(85-45)62(66-55(99-71(91)79(7,8)9)31-26-32-56(66)100-72(92)80(10,11)12)49-41-43-51(87-49)64(68-59(103-75(95)83(19,20)21)35-28-36-60(68)104-76(96)84(22,23)24)52-44-42-50(88-52)63(48-40-38-46(61)86-48)67-57(101-73(93)81(13,14)15)33-27-34-58(67)102-74(94)82(16,17)18/h25-44,85-88H,1-24H3. The highest BCUT2D eigenvalue weighted by Crippen LogP contribution is 2.46. The third-order valence-corrected chi connectivity index (χ3v) is 16.4. The molecule has 4 aromatic heterocycles. The van der Waals surface area contributed by atoms with Crippen LogP contribution in [0.4, 0.5) is 0 Å². The van der Waals surface area contributed by atoms with E-state index in [0.29, 0.717) is 0 Å². The second kappa shape index (κ2) is 28.1. The van der Waals surface area contributed by atoms with Crippen LogP contribution in [0.15, 0.2) is 121 Å². The number of benzene rings is 4. The van der Waals surface area contributed by atoms with Gasteiger partial charge in [-0.1, -0.05) is 24.3 Å². The number of hydrogen-bond donors (Lipinski definition) is 4. The molecule has 1 aliphatic heterocycles. The van der Waals surface area contributed by atoms with Crippen LogP contribution in [0.3, 0.4) is 0 Å². The molecule has 104 heavy (non-hydrogen) atoms. The van der Waals surface area contributed by atoms with Crippen LogP contribution in [0.5, 0.6) is 46.0 Å². The first-order valence-corrected chi connectivity index (χ1v) is 34.5. The summed E-state index contributed by atoms with van der Waals surface area (Å²) in [4.78, 5) is 130. The number of ether oxygens (including phenoxy) is 8. The number of hydrogen-bond acceptors (Lipinski definition) is 16. The summed E-state index contributed by atoms with van der Waals surface area (Å²) in [5.41, 5.74) is -5.97. The zero-order valence-corrected chi connectivity index (χ0v) is 64.1. The summed E-state index contributed by atoms with van der Waals surface area (Å²) in [7, 11) is 0. The van der Waals surface area contributed by atoms with E-state index in [1.54, 1.807) is 287 Å². The highest BCUT2D eigenvalue weighted by Gasteiger charge is 2.38. The van der Waals surface area contributed by atoms with Crippen molar-refractivity contribution in [2.75, 3.05) is 0 Å². The van der Waals surface area contributed by atoms with E-state index in [0.717, 1.165) is 0 Å². The van der Waals surface area contributed by atoms with Gasteiger partial charge in [-0.15, -0.1) is 0 Å². The lowest BCUT2D eigenvalue weighted by molar-refractivity contribution is -0.144. The maximum atomic E-state index is 14.4. The minimum absolute atomic E-state index is 0.0204. The first-order valence-electron chi connectivity index (χ1n) is 34.5. The lowest BCUT2D eigenvalue weighted by atomic mass is 9.96. The molecule has 4 N–H and O–H groups in total. The Kier molecular flexibility index (Phi) is 20.9. The first kappa shape index (κ1) is 77.4. The van der Waals surface area contributed by atoms with Gasteiger partial charge in [-0.2, -0.15) is 0 Å². The molecule has 548 valence electrons. The van der Waals surface area contributed by atoms with Gasteiger partial charge in [0.05, 0.1) is 65.6 Å². The van der Waals surface area contributed by atoms with Crippen molar-refractivity contribution in [3.05, 3.63) is 188 Å². The highest BCUT2D eigenvalue weighted by atomic mass is 16.6. The minimum atomic E-state index is -1.07. The lowest BCUT2D eigenvalue weighted by Gasteiger charge is -2.23. The van der Waals surface area contributed by atoms with Crippen molar-refractivity contribution in [1.29, 1.82) is 0 Å². The molecule has 4 aromatic carbocycles. The molecule has 0 saturated heterocycles. The molecular weight excluding hydrogens is 1320 g/mol. The molecule has 0 spiro atoms. The summed E-state index contributed by atoms with van der Waals surface area (Å²) in [6.07, 6.45) is 0. The molecule has 0 aliphatic carbocycles. The normalized spacial score (nSPS) is 13.2. The second-order valence-corrected chi connectivity index (χ2v) is 34.3. The average molecular weight is 1420 g/mol. The predicted molar refractivity (Wildman–Crippen MR) is 395 cm³/mol. The number of fused-ring (bicyclic) bond motifs is 8. The van der Waals surface area contributed by atoms with Gasteiger partial charge < -0.3 is 57.8 Å². The Morgan fingerprint density at radius 1 is 0.202 bits per heavy atom. The monoisotopic (exact) mass is 1420 g/mol. The van der Waals surface area contributed by atoms with Crippen molar-refractivity contribution >= 4 is 70.0 Å². The van der Waals surface area contributed by atoms with Crippen LogP contribution < -0.4 is 59.3 Å². The average Bonchev–Trinajstić information content (AvgIpc) is 1.55. The zero-order valence-electron chi connectivity index (χ0n) is 64.1. The predicted octanol–water partition coefficient (Wildman–Crippen LogP) is 13.9. The fourth-order valence-corrected chi connectivity index (χ4v) is 10.1. The van der Waals surface area contributed by atoms with Crippen LogP contribution in [0.2, 0.25) is 0 Å². The van der Waals surface area contributed by atoms with E-state index in [1.807, 2.05) is 0 Å². The van der Waals surface area contributed by atoms with Gasteiger partial charge in [0.15, 0.2) is 0 Å². The van der Waals surface area contributed by atoms with Crippen molar-refractivity contribution in [2.24, 2.45) is 43.3 Å². The number of carbonyl (C=O) groups excluding carboxylic acids is 8. The Balaban J connectivity index is 1.61. The molecule has 8 aromatic rings. The molecule has 20 heteroatoms. The van der Waals surface area contributed by atoms with Crippen LogP contribution in [-0.4, -0.2) is 67.7 Å². The lowest BCUT2D eigenvalue weighted by Crippen LogP contribution is -2.28. The fraction of sp³-hybridized carbons (Fsp3) is 0.381. The van der Waals surface area contributed by atoms with Gasteiger partial charge in [0.2, 0.25) is 0 Å². The van der Waals surface area contributed by atoms with E-state index in [2.05, 4.69) is 19.9 Å². The van der Waals surface area contributed by atoms with Crippen molar-refractivity contribution in [1.82, 2.24) is 19.9 Å². The van der Waals surface area contributed by atoms with Gasteiger partial charge in [0, 0.05) is 66.5 Å². The van der Waals surface area contributed by atoms with Gasteiger partial charge >= 0.3 is 47.8 Å². The Morgan fingerprint density at radius 2 is 0.337 bits per heavy atom. The quantitative estimate of drug-likeness (QED) is 0.0654. The third-order valence-electron chi connectivity index (χ3n) is 16.4. The molecule has 0 atom stereocenters. The van der Waals surface area contributed by atoms with Gasteiger partial charge in [-0.05, 0) is 263 Å². The highest BCUT2D eigenvalue weighted by molar-refractivity contribution is 5.96. The number of H-pyrrole nitrogens is 4. The van der Waals surface area contributed by atoms with Crippen LogP contribution in [0, 0.1) is 43.3 Å². The molecular formula is C84H96N4O16. The summed E-state index contributed by atoms with van der Waals surface area (Å²) in [5.74, 6) is -5.23. The molecule has 0 saturated carbocycles. The first-order chi connectivity index (χ1) is 47.9. The SMILES string of the molecule is CC(C)(C)C(=O)Oc1cccc(OC(=O)C(C)(C)C)c1C1=c2ccc([nH]2)=C(c2c(OC(=O)C(C)(C)C)cccc2OC(=O)C(C)(C)C)c2ccc([nH]2)C(c2c(OC(=O)C(C)(C)C)cccc2OC(=O)C(C)(C)C)=c2ccc([nH]2)=C(c2c(OC(=O)C(C)(C)C)cccc2OC(=O)C(C)(C)C)c2ccc1[nH]2. The van der Waals surface area contributed by atoms with E-state index >= 15 is 0 Å². The Hall–Kier alpha value is -10.8. The number of carbonyl (C=O) groups is 8. The smallest absolute Gasteiger partial charge is 0.316 e. The van der Waals surface area contributed by atoms with Crippen molar-refractivity contribution in [2.45, 2.75) is 166 Å². The van der Waals surface area contributed by atoms with Crippen molar-refractivity contribution < 1.29 is 76.3 Å². The molecule has 0 amide bonds. The molecule has 0 fully saturated rings. The molecule has 0 radical (unpaired) electrons. The molecule has 1 aliphatic rings. The second-order valence-electron chi connectivity index (χ2n) is 34.3. The largest absolute Gasteiger partial charge is 0.425 e. The maximum absolute atomic E-state index is 14.4. The summed E-state index contributed by atoms with van der Waals surface area (Å²) >= 11 is 0.